The third-order valence-electron chi connectivity index (χ3n) is 10.0. The lowest BCUT2D eigenvalue weighted by atomic mass is 9.82. The van der Waals surface area contributed by atoms with E-state index >= 15 is 4.11 Å². The Morgan fingerprint density at radius 3 is 2.73 bits per heavy atom. The fourth-order valence-corrected chi connectivity index (χ4v) is 10.5. The van der Waals surface area contributed by atoms with Crippen LogP contribution in [0, 0.1) is 5.92 Å². The molecule has 0 bridgehead atoms. The van der Waals surface area contributed by atoms with Crippen molar-refractivity contribution in [1.29, 1.82) is 0 Å². The van der Waals surface area contributed by atoms with Gasteiger partial charge in [0.05, 0.1) is 30.5 Å². The summed E-state index contributed by atoms with van der Waals surface area (Å²) in [5.74, 6) is -0.743. The first-order chi connectivity index (χ1) is 23.6. The number of H-pyrrole nitrogens is 1. The molecule has 3 aromatic carbocycles. The molecule has 4 heterocycles. The van der Waals surface area contributed by atoms with Gasteiger partial charge in [-0.25, -0.2) is 0 Å². The number of aliphatic hydroxyl groups is 1. The van der Waals surface area contributed by atoms with Crippen LogP contribution in [0.1, 0.15) is 35.7 Å². The molecular formula is C37H41FN6O4Si. The van der Waals surface area contributed by atoms with E-state index in [4.69, 9.17) is 4.74 Å². The van der Waals surface area contributed by atoms with Gasteiger partial charge in [0, 0.05) is 65.6 Å². The topological polar surface area (TPSA) is 125 Å². The highest BCUT2D eigenvalue weighted by Crippen LogP contribution is 2.60. The Bertz CT molecular complexity index is 2010. The number of carbonyl (C=O) groups is 2. The van der Waals surface area contributed by atoms with Gasteiger partial charge in [0.25, 0.3) is 5.91 Å². The minimum atomic E-state index is -3.32. The zero-order chi connectivity index (χ0) is 34.3. The first-order valence-corrected chi connectivity index (χ1v) is 19.8. The number of nitrogens with one attached hydrogen (secondary N) is 2. The number of aliphatic hydroxyl groups excluding tert-OH is 1. The van der Waals surface area contributed by atoms with Crippen LogP contribution < -0.4 is 10.2 Å². The van der Waals surface area contributed by atoms with Gasteiger partial charge < -0.3 is 29.2 Å². The molecule has 49 heavy (non-hydrogen) atoms. The number of halogens is 1. The molecule has 4 atom stereocenters. The molecule has 3 N–H and O–H groups in total. The number of carbonyl (C=O) groups excluding carboxylic acids is 2. The van der Waals surface area contributed by atoms with Gasteiger partial charge in [-0.05, 0) is 54.9 Å². The summed E-state index contributed by atoms with van der Waals surface area (Å²) >= 11 is 0. The van der Waals surface area contributed by atoms with Crippen molar-refractivity contribution in [3.63, 3.8) is 0 Å². The van der Waals surface area contributed by atoms with E-state index in [1.807, 2.05) is 85.9 Å². The van der Waals surface area contributed by atoms with E-state index in [0.29, 0.717) is 30.8 Å². The number of benzene rings is 3. The van der Waals surface area contributed by atoms with Gasteiger partial charge in [0.1, 0.15) is 0 Å². The van der Waals surface area contributed by atoms with E-state index in [1.54, 1.807) is 28.9 Å². The third kappa shape index (κ3) is 6.09. The van der Waals surface area contributed by atoms with E-state index in [9.17, 15) is 14.7 Å². The van der Waals surface area contributed by atoms with Gasteiger partial charge in [-0.2, -0.15) is 0 Å². The Labute approximate surface area is 285 Å². The van der Waals surface area contributed by atoms with Crippen LogP contribution in [0.4, 0.5) is 15.5 Å². The number of hydrogen-bond donors (Lipinski definition) is 3. The Morgan fingerprint density at radius 2 is 1.92 bits per heavy atom. The second kappa shape index (κ2) is 13.0. The summed E-state index contributed by atoms with van der Waals surface area (Å²) in [5, 5.41) is 21.6. The van der Waals surface area contributed by atoms with Crippen LogP contribution in [0.25, 0.3) is 10.9 Å². The molecular weight excluding hydrogens is 640 g/mol. The number of fused-ring (bicyclic) bond motifs is 3. The van der Waals surface area contributed by atoms with Crippen LogP contribution >= 0.6 is 0 Å². The van der Waals surface area contributed by atoms with E-state index in [2.05, 4.69) is 20.6 Å². The van der Waals surface area contributed by atoms with Gasteiger partial charge in [0.15, 0.2) is 5.60 Å². The molecule has 1 saturated heterocycles. The first kappa shape index (κ1) is 32.9. The molecule has 254 valence electrons. The summed E-state index contributed by atoms with van der Waals surface area (Å²) < 4.78 is 24.7. The van der Waals surface area contributed by atoms with Gasteiger partial charge >= 0.3 is 0 Å². The molecule has 2 amide bonds. The Hall–Kier alpha value is -4.65. The average Bonchev–Trinajstić information content (AvgIpc) is 3.82. The summed E-state index contributed by atoms with van der Waals surface area (Å²) in [6.07, 6.45) is 4.25. The standard InChI is InChI=1S/C37H41FN6O4Si/c1-24-35(49(2,3)38)33(15-17-43-23-28(16-18-45)41-42-43)48-37(24)30-12-5-7-14-32(30)44(36(37)47)22-25-9-8-10-27(19-25)40-34(46)20-26-21-39-31-13-6-4-11-29(26)31/h4-14,19,21,23-24,33,35,39,45H,15-18,20,22H2,1-3H3,(H,40,46)/t24-,33+,35-,37+/m0/s1. The number of rotatable bonds is 11. The maximum Gasteiger partial charge on any atom is 0.264 e. The Kier molecular flexibility index (Phi) is 8.72. The van der Waals surface area contributed by atoms with Gasteiger partial charge in [-0.1, -0.05) is 60.7 Å². The SMILES string of the molecule is C[C@H]1[C@H]([Si](C)(C)F)[C@@H](CCn2cc(CCO)nn2)O[C@]12C(=O)N(Cc1cccc(NC(=O)Cc3c[nH]c4ccccc34)c1)c1ccccc12. The fourth-order valence-electron chi connectivity index (χ4n) is 7.95. The number of hydrogen-bond acceptors (Lipinski definition) is 6. The highest BCUT2D eigenvalue weighted by molar-refractivity contribution is 6.72. The maximum absolute atomic E-state index is 16.2. The van der Waals surface area contributed by atoms with Crippen molar-refractivity contribution in [2.75, 3.05) is 16.8 Å². The molecule has 2 aliphatic heterocycles. The van der Waals surface area contributed by atoms with Crippen molar-refractivity contribution < 1.29 is 23.5 Å². The van der Waals surface area contributed by atoms with Crippen LogP contribution in [0.2, 0.25) is 18.6 Å². The largest absolute Gasteiger partial charge is 0.396 e. The van der Waals surface area contributed by atoms with Crippen molar-refractivity contribution in [3.8, 4) is 0 Å². The maximum atomic E-state index is 16.2. The quantitative estimate of drug-likeness (QED) is 0.118. The molecule has 2 aliphatic rings. The number of aromatic amines is 1. The van der Waals surface area contributed by atoms with Crippen LogP contribution in [-0.2, 0) is 45.9 Å². The van der Waals surface area contributed by atoms with Gasteiger partial charge in [0.2, 0.25) is 14.3 Å². The van der Waals surface area contributed by atoms with Gasteiger partial charge in [-0.3, -0.25) is 14.3 Å². The van der Waals surface area contributed by atoms with E-state index < -0.39 is 31.6 Å². The number of aromatic nitrogens is 4. The summed E-state index contributed by atoms with van der Waals surface area (Å²) in [7, 11) is -3.32. The van der Waals surface area contributed by atoms with E-state index in [0.717, 1.165) is 33.3 Å². The van der Waals surface area contributed by atoms with E-state index in [1.165, 1.54) is 0 Å². The Morgan fingerprint density at radius 1 is 1.12 bits per heavy atom. The van der Waals surface area contributed by atoms with Crippen LogP contribution in [-0.4, -0.2) is 58.0 Å². The predicted octanol–water partition coefficient (Wildman–Crippen LogP) is 5.89. The lowest BCUT2D eigenvalue weighted by molar-refractivity contribution is -0.146. The average molecular weight is 681 g/mol. The zero-order valence-corrected chi connectivity index (χ0v) is 28.9. The van der Waals surface area contributed by atoms with Crippen molar-refractivity contribution in [2.45, 2.75) is 69.6 Å². The second-order valence-electron chi connectivity index (χ2n) is 13.7. The predicted molar refractivity (Wildman–Crippen MR) is 188 cm³/mol. The number of para-hydroxylation sites is 2. The van der Waals surface area contributed by atoms with Crippen molar-refractivity contribution in [1.82, 2.24) is 20.0 Å². The number of anilines is 2. The number of nitrogens with zero attached hydrogens (tertiary/aromatic N) is 4. The van der Waals surface area contributed by atoms with Crippen molar-refractivity contribution >= 4 is 42.5 Å². The lowest BCUT2D eigenvalue weighted by Gasteiger charge is -2.31. The number of amides is 2. The Balaban J connectivity index is 1.11. The van der Waals surface area contributed by atoms with Crippen LogP contribution in [0.15, 0.2) is 85.2 Å². The molecule has 0 radical (unpaired) electrons. The van der Waals surface area contributed by atoms with Crippen molar-refractivity contribution in [2.24, 2.45) is 5.92 Å². The molecule has 0 aliphatic carbocycles. The normalized spacial score (nSPS) is 21.9. The van der Waals surface area contributed by atoms with Gasteiger partial charge in [-0.15, -0.1) is 5.10 Å². The van der Waals surface area contributed by atoms with Crippen LogP contribution in [0.3, 0.4) is 0 Å². The smallest absolute Gasteiger partial charge is 0.264 e. The lowest BCUT2D eigenvalue weighted by Crippen LogP contribution is -2.45. The minimum Gasteiger partial charge on any atom is -0.396 e. The van der Waals surface area contributed by atoms with E-state index in [-0.39, 0.29) is 31.4 Å². The zero-order valence-electron chi connectivity index (χ0n) is 27.9. The monoisotopic (exact) mass is 680 g/mol. The molecule has 0 saturated carbocycles. The molecule has 1 spiro atoms. The summed E-state index contributed by atoms with van der Waals surface area (Å²) in [5.41, 5.74) is 3.82. The molecule has 12 heteroatoms. The third-order valence-corrected chi connectivity index (χ3v) is 12.5. The minimum absolute atomic E-state index is 0.0169. The highest BCUT2D eigenvalue weighted by Gasteiger charge is 2.66. The number of ether oxygens (including phenoxy) is 1. The molecule has 1 fully saturated rings. The summed E-state index contributed by atoms with van der Waals surface area (Å²) in [6, 6.07) is 23.1. The fraction of sp³-hybridized carbons (Fsp3) is 0.351. The molecule has 0 unspecified atom stereocenters. The molecule has 7 rings (SSSR count). The molecule has 5 aromatic rings. The van der Waals surface area contributed by atoms with Crippen molar-refractivity contribution in [3.05, 3.63) is 108 Å². The highest BCUT2D eigenvalue weighted by atomic mass is 28.4. The summed E-state index contributed by atoms with van der Waals surface area (Å²) in [6.45, 7) is 6.04. The molecule has 2 aromatic heterocycles. The second-order valence-corrected chi connectivity index (χ2v) is 17.5. The number of aryl methyl sites for hydroxylation is 1. The molecule has 10 nitrogen and oxygen atoms in total. The summed E-state index contributed by atoms with van der Waals surface area (Å²) in [4.78, 5) is 32.7. The first-order valence-electron chi connectivity index (χ1n) is 16.8. The van der Waals surface area contributed by atoms with Crippen LogP contribution in [0.5, 0.6) is 0 Å².